The third-order valence-corrected chi connectivity index (χ3v) is 2.65. The third-order valence-electron chi connectivity index (χ3n) is 2.44. The van der Waals surface area contributed by atoms with Crippen molar-refractivity contribution in [3.05, 3.63) is 59.3 Å². The predicted molar refractivity (Wildman–Crippen MR) is 66.7 cm³/mol. The number of hydrogen-bond donors (Lipinski definition) is 1. The van der Waals surface area contributed by atoms with Crippen molar-refractivity contribution in [3.63, 3.8) is 0 Å². The maximum atomic E-state index is 12.7. The van der Waals surface area contributed by atoms with Crippen molar-refractivity contribution in [2.75, 3.05) is 0 Å². The number of furan rings is 1. The van der Waals surface area contributed by atoms with Gasteiger partial charge in [0, 0.05) is 6.42 Å². The zero-order valence-electron chi connectivity index (χ0n) is 9.44. The van der Waals surface area contributed by atoms with E-state index < -0.39 is 0 Å². The van der Waals surface area contributed by atoms with Crippen molar-refractivity contribution in [1.29, 1.82) is 0 Å². The summed E-state index contributed by atoms with van der Waals surface area (Å²) in [6, 6.07) is 9.83. The molecule has 2 rings (SSSR count). The van der Waals surface area contributed by atoms with Gasteiger partial charge in [0.2, 0.25) is 0 Å². The zero-order valence-corrected chi connectivity index (χ0v) is 10.2. The van der Waals surface area contributed by atoms with E-state index in [1.165, 1.54) is 12.1 Å². The van der Waals surface area contributed by atoms with Gasteiger partial charge >= 0.3 is 0 Å². The minimum absolute atomic E-state index is 0.0673. The van der Waals surface area contributed by atoms with E-state index in [4.69, 9.17) is 21.2 Å². The Morgan fingerprint density at radius 2 is 1.83 bits per heavy atom. The second-order valence-corrected chi connectivity index (χ2v) is 4.26. The summed E-state index contributed by atoms with van der Waals surface area (Å²) < 4.78 is 18.3. The lowest BCUT2D eigenvalue weighted by atomic mass is 10.1. The summed E-state index contributed by atoms with van der Waals surface area (Å²) in [5, 5.41) is 11.4. The van der Waals surface area contributed by atoms with Crippen molar-refractivity contribution < 1.29 is 14.0 Å². The summed E-state index contributed by atoms with van der Waals surface area (Å²) in [4.78, 5) is 0. The van der Waals surface area contributed by atoms with E-state index in [1.807, 2.05) is 6.07 Å². The Morgan fingerprint density at radius 1 is 1.17 bits per heavy atom. The molecule has 1 aromatic carbocycles. The average molecular weight is 268 g/mol. The van der Waals surface area contributed by atoms with Gasteiger partial charge in [0.25, 0.3) is 0 Å². The van der Waals surface area contributed by atoms with E-state index in [1.54, 1.807) is 18.2 Å². The minimum atomic E-state index is -0.259. The molecule has 0 bridgehead atoms. The molecule has 0 radical (unpaired) electrons. The van der Waals surface area contributed by atoms with E-state index in [0.29, 0.717) is 12.2 Å². The Balaban J connectivity index is 2.04. The van der Waals surface area contributed by atoms with Gasteiger partial charge in [0.15, 0.2) is 5.17 Å². The molecule has 94 valence electrons. The molecule has 3 nitrogen and oxygen atoms in total. The van der Waals surface area contributed by atoms with Crippen LogP contribution in [-0.4, -0.2) is 10.4 Å². The predicted octanol–water partition coefficient (Wildman–Crippen LogP) is 3.58. The number of hydrogen-bond acceptors (Lipinski definition) is 3. The smallest absolute Gasteiger partial charge is 0.152 e. The molecule has 1 N–H and O–H groups in total. The zero-order chi connectivity index (χ0) is 13.0. The molecule has 0 amide bonds. The highest BCUT2D eigenvalue weighted by atomic mass is 35.5. The SMILES string of the molecule is O/N=C(\Cl)Cc1ccc(Cc2ccc(F)cc2)o1. The largest absolute Gasteiger partial charge is 0.465 e. The van der Waals surface area contributed by atoms with Crippen molar-refractivity contribution in [1.82, 2.24) is 0 Å². The van der Waals surface area contributed by atoms with Crippen LogP contribution >= 0.6 is 11.6 Å². The van der Waals surface area contributed by atoms with Crippen LogP contribution in [0.5, 0.6) is 0 Å². The summed E-state index contributed by atoms with van der Waals surface area (Å²) in [7, 11) is 0. The molecule has 0 unspecified atom stereocenters. The van der Waals surface area contributed by atoms with Gasteiger partial charge in [-0.1, -0.05) is 28.9 Å². The topological polar surface area (TPSA) is 45.7 Å². The maximum absolute atomic E-state index is 12.7. The summed E-state index contributed by atoms with van der Waals surface area (Å²) in [5.41, 5.74) is 0.958. The molecule has 0 atom stereocenters. The van der Waals surface area contributed by atoms with Crippen LogP contribution in [0.25, 0.3) is 0 Å². The molecule has 0 spiro atoms. The summed E-state index contributed by atoms with van der Waals surface area (Å²) in [6.07, 6.45) is 0.829. The molecule has 0 saturated heterocycles. The average Bonchev–Trinajstić information content (AvgIpc) is 2.79. The monoisotopic (exact) mass is 267 g/mol. The van der Waals surface area contributed by atoms with Gasteiger partial charge in [-0.15, -0.1) is 0 Å². The van der Waals surface area contributed by atoms with Gasteiger partial charge in [0.05, 0.1) is 6.42 Å². The fourth-order valence-electron chi connectivity index (χ4n) is 1.59. The Labute approximate surface area is 108 Å². The van der Waals surface area contributed by atoms with E-state index in [9.17, 15) is 4.39 Å². The van der Waals surface area contributed by atoms with Gasteiger partial charge < -0.3 is 9.62 Å². The van der Waals surface area contributed by atoms with Crippen molar-refractivity contribution in [2.45, 2.75) is 12.8 Å². The molecule has 0 aliphatic heterocycles. The fraction of sp³-hybridized carbons (Fsp3) is 0.154. The Hall–Kier alpha value is -1.81. The Morgan fingerprint density at radius 3 is 2.50 bits per heavy atom. The second kappa shape index (κ2) is 5.69. The highest BCUT2D eigenvalue weighted by Crippen LogP contribution is 2.15. The van der Waals surface area contributed by atoms with E-state index >= 15 is 0 Å². The van der Waals surface area contributed by atoms with Crippen molar-refractivity contribution in [3.8, 4) is 0 Å². The first-order valence-electron chi connectivity index (χ1n) is 5.36. The minimum Gasteiger partial charge on any atom is -0.465 e. The summed E-state index contributed by atoms with van der Waals surface area (Å²) in [6.45, 7) is 0. The van der Waals surface area contributed by atoms with Gasteiger partial charge in [0.1, 0.15) is 17.3 Å². The Bertz CT molecular complexity index is 548. The van der Waals surface area contributed by atoms with Crippen LogP contribution in [0, 0.1) is 5.82 Å². The van der Waals surface area contributed by atoms with Gasteiger partial charge in [-0.05, 0) is 29.8 Å². The fourth-order valence-corrected chi connectivity index (χ4v) is 1.73. The maximum Gasteiger partial charge on any atom is 0.152 e. The number of nitrogens with zero attached hydrogens (tertiary/aromatic N) is 1. The first-order chi connectivity index (χ1) is 8.67. The van der Waals surface area contributed by atoms with E-state index in [0.717, 1.165) is 11.3 Å². The molecule has 0 saturated carbocycles. The number of oxime groups is 1. The van der Waals surface area contributed by atoms with Gasteiger partial charge in [-0.2, -0.15) is 0 Å². The van der Waals surface area contributed by atoms with E-state index in [2.05, 4.69) is 5.16 Å². The van der Waals surface area contributed by atoms with Crippen LogP contribution in [0.15, 0.2) is 46.0 Å². The molecular formula is C13H11ClFNO2. The molecule has 18 heavy (non-hydrogen) atoms. The highest BCUT2D eigenvalue weighted by Gasteiger charge is 2.06. The van der Waals surface area contributed by atoms with E-state index in [-0.39, 0.29) is 17.4 Å². The lowest BCUT2D eigenvalue weighted by Crippen LogP contribution is -1.92. The Kier molecular flexibility index (Phi) is 3.99. The van der Waals surface area contributed by atoms with Gasteiger partial charge in [-0.25, -0.2) is 4.39 Å². The number of rotatable bonds is 4. The van der Waals surface area contributed by atoms with Crippen LogP contribution < -0.4 is 0 Å². The van der Waals surface area contributed by atoms with Crippen LogP contribution in [0.2, 0.25) is 0 Å². The molecule has 5 heteroatoms. The molecule has 2 aromatic rings. The number of benzene rings is 1. The normalized spacial score (nSPS) is 11.8. The second-order valence-electron chi connectivity index (χ2n) is 3.82. The molecule has 0 fully saturated rings. The quantitative estimate of drug-likeness (QED) is 0.523. The number of halogens is 2. The van der Waals surface area contributed by atoms with Crippen molar-refractivity contribution in [2.24, 2.45) is 5.16 Å². The first-order valence-corrected chi connectivity index (χ1v) is 5.73. The summed E-state index contributed by atoms with van der Waals surface area (Å²) in [5.74, 6) is 1.11. The molecular weight excluding hydrogens is 257 g/mol. The van der Waals surface area contributed by atoms with Crippen LogP contribution in [0.4, 0.5) is 4.39 Å². The lowest BCUT2D eigenvalue weighted by Gasteiger charge is -1.98. The van der Waals surface area contributed by atoms with Crippen LogP contribution in [0.1, 0.15) is 17.1 Å². The van der Waals surface area contributed by atoms with Gasteiger partial charge in [-0.3, -0.25) is 0 Å². The highest BCUT2D eigenvalue weighted by molar-refractivity contribution is 6.65. The van der Waals surface area contributed by atoms with Crippen LogP contribution in [0.3, 0.4) is 0 Å². The molecule has 0 aliphatic carbocycles. The van der Waals surface area contributed by atoms with Crippen molar-refractivity contribution >= 4 is 16.8 Å². The first kappa shape index (κ1) is 12.6. The molecule has 1 aromatic heterocycles. The molecule has 0 aliphatic rings. The standard InChI is InChI=1S/C13H11ClFNO2/c14-13(16-17)8-12-6-5-11(18-12)7-9-1-3-10(15)4-2-9/h1-6,17H,7-8H2/b16-13-. The van der Waals surface area contributed by atoms with Crippen LogP contribution in [-0.2, 0) is 12.8 Å². The molecule has 1 heterocycles. The lowest BCUT2D eigenvalue weighted by molar-refractivity contribution is 0.319. The third kappa shape index (κ3) is 3.34. The summed E-state index contributed by atoms with van der Waals surface area (Å²) >= 11 is 5.58.